The molecule has 1 saturated carbocycles. The largest absolute Gasteiger partial charge is 0.354 e. The summed E-state index contributed by atoms with van der Waals surface area (Å²) in [4.78, 5) is 4.80. The second-order valence-corrected chi connectivity index (χ2v) is 7.24. The van der Waals surface area contributed by atoms with Crippen molar-refractivity contribution in [1.82, 2.24) is 25.4 Å². The first-order valence-electron chi connectivity index (χ1n) is 9.52. The third-order valence-electron chi connectivity index (χ3n) is 5.27. The number of benzene rings is 1. The molecule has 3 rings (SSSR count). The Morgan fingerprint density at radius 2 is 1.96 bits per heavy atom. The van der Waals surface area contributed by atoms with E-state index in [1.165, 1.54) is 36.8 Å². The molecule has 0 amide bonds. The van der Waals surface area contributed by atoms with Gasteiger partial charge < -0.3 is 15.2 Å². The molecule has 1 aromatic heterocycles. The highest BCUT2D eigenvalue weighted by Crippen LogP contribution is 2.19. The molecular formula is C20H30N6. The molecule has 0 radical (unpaired) electrons. The van der Waals surface area contributed by atoms with E-state index in [2.05, 4.69) is 58.9 Å². The molecule has 26 heavy (non-hydrogen) atoms. The van der Waals surface area contributed by atoms with Crippen LogP contribution in [0.4, 0.5) is 0 Å². The molecule has 6 heteroatoms. The zero-order valence-electron chi connectivity index (χ0n) is 16.3. The fourth-order valence-corrected chi connectivity index (χ4v) is 3.49. The average molecular weight is 355 g/mol. The Morgan fingerprint density at radius 3 is 2.62 bits per heavy atom. The Kier molecular flexibility index (Phi) is 5.91. The first kappa shape index (κ1) is 18.4. The van der Waals surface area contributed by atoms with Crippen LogP contribution >= 0.6 is 0 Å². The van der Waals surface area contributed by atoms with E-state index in [-0.39, 0.29) is 6.04 Å². The number of guanidine groups is 1. The maximum absolute atomic E-state index is 4.80. The summed E-state index contributed by atoms with van der Waals surface area (Å²) >= 11 is 0. The minimum Gasteiger partial charge on any atom is -0.354 e. The van der Waals surface area contributed by atoms with Gasteiger partial charge in [0.1, 0.15) is 12.4 Å². The van der Waals surface area contributed by atoms with E-state index in [9.17, 15) is 0 Å². The van der Waals surface area contributed by atoms with Crippen LogP contribution in [0.1, 0.15) is 61.4 Å². The highest BCUT2D eigenvalue weighted by molar-refractivity contribution is 5.80. The molecule has 1 aliphatic rings. The number of aliphatic imine (C=N–C) groups is 1. The topological polar surface area (TPSA) is 67.1 Å². The normalized spacial score (nSPS) is 16.7. The molecule has 1 aromatic carbocycles. The third kappa shape index (κ3) is 4.42. The molecule has 140 valence electrons. The van der Waals surface area contributed by atoms with Gasteiger partial charge in [0.25, 0.3) is 0 Å². The minimum atomic E-state index is 0.185. The molecule has 0 aliphatic heterocycles. The molecular weight excluding hydrogens is 324 g/mol. The van der Waals surface area contributed by atoms with Gasteiger partial charge in [-0.25, -0.2) is 4.99 Å². The van der Waals surface area contributed by atoms with E-state index in [1.54, 1.807) is 0 Å². The number of nitrogens with one attached hydrogen (secondary N) is 2. The lowest BCUT2D eigenvalue weighted by Gasteiger charge is -2.22. The molecule has 1 fully saturated rings. The van der Waals surface area contributed by atoms with E-state index in [0.29, 0.717) is 12.6 Å². The lowest BCUT2D eigenvalue weighted by Crippen LogP contribution is -2.43. The van der Waals surface area contributed by atoms with Gasteiger partial charge in [0.15, 0.2) is 11.8 Å². The number of hydrogen-bond donors (Lipinski definition) is 2. The van der Waals surface area contributed by atoms with Gasteiger partial charge in [-0.3, -0.25) is 0 Å². The van der Waals surface area contributed by atoms with Crippen molar-refractivity contribution in [3.05, 3.63) is 47.0 Å². The van der Waals surface area contributed by atoms with Gasteiger partial charge in [-0.15, -0.1) is 10.2 Å². The number of aryl methyl sites for hydroxylation is 2. The van der Waals surface area contributed by atoms with E-state index in [1.807, 2.05) is 18.5 Å². The Morgan fingerprint density at radius 1 is 1.23 bits per heavy atom. The van der Waals surface area contributed by atoms with Crippen molar-refractivity contribution >= 4 is 5.96 Å². The van der Waals surface area contributed by atoms with E-state index < -0.39 is 0 Å². The van der Waals surface area contributed by atoms with Crippen molar-refractivity contribution in [3.63, 3.8) is 0 Å². The van der Waals surface area contributed by atoms with Crippen molar-refractivity contribution in [1.29, 1.82) is 0 Å². The zero-order chi connectivity index (χ0) is 18.5. The Balaban J connectivity index is 1.74. The van der Waals surface area contributed by atoms with Crippen molar-refractivity contribution in [2.75, 3.05) is 0 Å². The molecule has 2 N–H and O–H groups in total. The van der Waals surface area contributed by atoms with Gasteiger partial charge in [0, 0.05) is 13.1 Å². The summed E-state index contributed by atoms with van der Waals surface area (Å²) < 4.78 is 1.99. The summed E-state index contributed by atoms with van der Waals surface area (Å²) in [5.74, 6) is 2.63. The highest BCUT2D eigenvalue weighted by atomic mass is 15.3. The van der Waals surface area contributed by atoms with Gasteiger partial charge in [0.05, 0.1) is 6.04 Å². The number of nitrogens with zero attached hydrogens (tertiary/aromatic N) is 4. The van der Waals surface area contributed by atoms with Gasteiger partial charge in [0.2, 0.25) is 0 Å². The summed E-state index contributed by atoms with van der Waals surface area (Å²) in [5, 5.41) is 15.5. The fourth-order valence-electron chi connectivity index (χ4n) is 3.49. The van der Waals surface area contributed by atoms with Crippen molar-refractivity contribution in [2.24, 2.45) is 12.0 Å². The highest BCUT2D eigenvalue weighted by Gasteiger charge is 2.18. The Hall–Kier alpha value is -2.37. The average Bonchev–Trinajstić information content (AvgIpc) is 3.24. The maximum atomic E-state index is 4.80. The van der Waals surface area contributed by atoms with Crippen molar-refractivity contribution < 1.29 is 0 Å². The molecule has 0 saturated heterocycles. The molecule has 1 atom stereocenters. The quantitative estimate of drug-likeness (QED) is 0.639. The Bertz CT molecular complexity index is 757. The molecule has 6 nitrogen and oxygen atoms in total. The van der Waals surface area contributed by atoms with E-state index in [0.717, 1.165) is 17.6 Å². The predicted molar refractivity (Wildman–Crippen MR) is 105 cm³/mol. The van der Waals surface area contributed by atoms with Gasteiger partial charge in [-0.05, 0) is 44.7 Å². The lowest BCUT2D eigenvalue weighted by atomic mass is 10.0. The van der Waals surface area contributed by atoms with Crippen LogP contribution in [0.2, 0.25) is 0 Å². The van der Waals surface area contributed by atoms with Crippen LogP contribution in [0.3, 0.4) is 0 Å². The van der Waals surface area contributed by atoms with Crippen molar-refractivity contribution in [2.45, 2.75) is 65.1 Å². The smallest absolute Gasteiger partial charge is 0.192 e. The molecule has 0 spiro atoms. The predicted octanol–water partition coefficient (Wildman–Crippen LogP) is 3.17. The zero-order valence-corrected chi connectivity index (χ0v) is 16.3. The summed E-state index contributed by atoms with van der Waals surface area (Å²) in [7, 11) is 1.98. The third-order valence-corrected chi connectivity index (χ3v) is 5.27. The van der Waals surface area contributed by atoms with Crippen LogP contribution in [0.15, 0.2) is 29.3 Å². The Labute approximate surface area is 156 Å². The van der Waals surface area contributed by atoms with E-state index in [4.69, 9.17) is 4.99 Å². The summed E-state index contributed by atoms with van der Waals surface area (Å²) in [6, 6.07) is 9.18. The number of hydrogen-bond acceptors (Lipinski definition) is 3. The van der Waals surface area contributed by atoms with Crippen LogP contribution in [-0.4, -0.2) is 26.8 Å². The molecule has 2 aromatic rings. The number of aromatic nitrogens is 3. The molecule has 1 unspecified atom stereocenters. The van der Waals surface area contributed by atoms with E-state index >= 15 is 0 Å². The lowest BCUT2D eigenvalue weighted by molar-refractivity contribution is 0.592. The summed E-state index contributed by atoms with van der Waals surface area (Å²) in [6.45, 7) is 6.80. The summed E-state index contributed by atoms with van der Waals surface area (Å²) in [6.07, 6.45) is 5.01. The van der Waals surface area contributed by atoms with Gasteiger partial charge in [-0.1, -0.05) is 37.1 Å². The van der Waals surface area contributed by atoms with Crippen LogP contribution in [0.5, 0.6) is 0 Å². The maximum Gasteiger partial charge on any atom is 0.192 e. The van der Waals surface area contributed by atoms with Crippen molar-refractivity contribution in [3.8, 4) is 0 Å². The first-order chi connectivity index (χ1) is 12.5. The van der Waals surface area contributed by atoms with Crippen LogP contribution in [0, 0.1) is 13.8 Å². The van der Waals surface area contributed by atoms with Crippen LogP contribution in [-0.2, 0) is 13.6 Å². The first-order valence-corrected chi connectivity index (χ1v) is 9.52. The van der Waals surface area contributed by atoms with Crippen LogP contribution < -0.4 is 10.6 Å². The second kappa shape index (κ2) is 8.34. The standard InChI is InChI=1S/C20H30N6/c1-14-9-5-8-12-18(14)15(2)22-20(23-17-10-6-7-11-17)21-13-19-25-24-16(3)26(19)4/h5,8-9,12,15,17H,6-7,10-11,13H2,1-4H3,(H2,21,22,23). The van der Waals surface area contributed by atoms with Gasteiger partial charge in [-0.2, -0.15) is 0 Å². The minimum absolute atomic E-state index is 0.185. The molecule has 1 aliphatic carbocycles. The van der Waals surface area contributed by atoms with Crippen LogP contribution in [0.25, 0.3) is 0 Å². The molecule has 0 bridgehead atoms. The monoisotopic (exact) mass is 354 g/mol. The summed E-state index contributed by atoms with van der Waals surface area (Å²) in [5.41, 5.74) is 2.58. The number of rotatable bonds is 5. The fraction of sp³-hybridized carbons (Fsp3) is 0.550. The van der Waals surface area contributed by atoms with Gasteiger partial charge >= 0.3 is 0 Å². The SMILES string of the molecule is Cc1ccccc1C(C)NC(=NCc1nnc(C)n1C)NC1CCCC1. The molecule has 1 heterocycles. The second-order valence-electron chi connectivity index (χ2n) is 7.24.